The van der Waals surface area contributed by atoms with Gasteiger partial charge in [0.25, 0.3) is 0 Å². The van der Waals surface area contributed by atoms with Crippen molar-refractivity contribution in [2.75, 3.05) is 5.32 Å². The molecule has 6 heteroatoms. The first-order valence-corrected chi connectivity index (χ1v) is 6.74. The van der Waals surface area contributed by atoms with Crippen LogP contribution in [0.5, 0.6) is 0 Å². The molecule has 1 heterocycles. The van der Waals surface area contributed by atoms with E-state index in [1.54, 1.807) is 36.4 Å². The van der Waals surface area contributed by atoms with Crippen LogP contribution >= 0.6 is 11.6 Å². The normalized spacial score (nSPS) is 10.7. The molecule has 2 aromatic carbocycles. The zero-order valence-corrected chi connectivity index (χ0v) is 11.7. The number of para-hydroxylation sites is 2. The van der Waals surface area contributed by atoms with Gasteiger partial charge in [-0.25, -0.2) is 4.79 Å². The molecule has 0 fully saturated rings. The number of H-pyrrole nitrogens is 1. The number of carbonyl (C=O) groups is 1. The van der Waals surface area contributed by atoms with Crippen molar-refractivity contribution in [3.05, 3.63) is 64.0 Å². The lowest BCUT2D eigenvalue weighted by Crippen LogP contribution is -2.25. The number of amides is 1. The summed E-state index contributed by atoms with van der Waals surface area (Å²) in [7, 11) is 0. The highest BCUT2D eigenvalue weighted by atomic mass is 35.5. The maximum Gasteiger partial charge on any atom is 0.326 e. The molecule has 3 rings (SSSR count). The number of imidazole rings is 1. The summed E-state index contributed by atoms with van der Waals surface area (Å²) in [5, 5.41) is 3.33. The van der Waals surface area contributed by atoms with Crippen molar-refractivity contribution in [3.63, 3.8) is 0 Å². The predicted molar refractivity (Wildman–Crippen MR) is 82.6 cm³/mol. The van der Waals surface area contributed by atoms with Gasteiger partial charge in [-0.1, -0.05) is 23.7 Å². The molecular formula is C15H12ClN3O2. The lowest BCUT2D eigenvalue weighted by Gasteiger charge is -2.06. The van der Waals surface area contributed by atoms with Gasteiger partial charge in [0, 0.05) is 10.7 Å². The Morgan fingerprint density at radius 1 is 1.14 bits per heavy atom. The molecule has 0 aliphatic heterocycles. The quantitative estimate of drug-likeness (QED) is 0.781. The maximum atomic E-state index is 12.0. The molecule has 2 N–H and O–H groups in total. The Hall–Kier alpha value is -2.53. The predicted octanol–water partition coefficient (Wildman–Crippen LogP) is 2.62. The molecule has 3 aromatic rings. The van der Waals surface area contributed by atoms with Crippen molar-refractivity contribution >= 4 is 34.2 Å². The fourth-order valence-electron chi connectivity index (χ4n) is 2.14. The molecule has 21 heavy (non-hydrogen) atoms. The first-order chi connectivity index (χ1) is 10.1. The summed E-state index contributed by atoms with van der Waals surface area (Å²) in [4.78, 5) is 26.6. The number of hydrogen-bond donors (Lipinski definition) is 2. The Labute approximate surface area is 125 Å². The first-order valence-electron chi connectivity index (χ1n) is 6.36. The Kier molecular flexibility index (Phi) is 3.50. The van der Waals surface area contributed by atoms with E-state index in [4.69, 9.17) is 11.6 Å². The molecule has 0 saturated heterocycles. The van der Waals surface area contributed by atoms with E-state index in [1.165, 1.54) is 4.57 Å². The van der Waals surface area contributed by atoms with Crippen LogP contribution in [0.25, 0.3) is 11.0 Å². The largest absolute Gasteiger partial charge is 0.326 e. The number of carbonyl (C=O) groups excluding carboxylic acids is 1. The molecule has 106 valence electrons. The second-order valence-corrected chi connectivity index (χ2v) is 5.02. The Balaban J connectivity index is 1.82. The molecule has 0 aliphatic rings. The number of rotatable bonds is 3. The zero-order chi connectivity index (χ0) is 14.8. The number of nitrogens with one attached hydrogen (secondary N) is 2. The molecule has 0 aliphatic carbocycles. The van der Waals surface area contributed by atoms with Gasteiger partial charge in [-0.2, -0.15) is 0 Å². The lowest BCUT2D eigenvalue weighted by molar-refractivity contribution is -0.116. The van der Waals surface area contributed by atoms with Gasteiger partial charge >= 0.3 is 5.69 Å². The first kappa shape index (κ1) is 13.5. The third kappa shape index (κ3) is 2.83. The summed E-state index contributed by atoms with van der Waals surface area (Å²) < 4.78 is 1.40. The number of halogens is 1. The number of aromatic nitrogens is 2. The van der Waals surface area contributed by atoms with Gasteiger partial charge < -0.3 is 10.3 Å². The van der Waals surface area contributed by atoms with Crippen molar-refractivity contribution in [2.24, 2.45) is 0 Å². The summed E-state index contributed by atoms with van der Waals surface area (Å²) in [5.41, 5.74) is 1.75. The topological polar surface area (TPSA) is 66.9 Å². The van der Waals surface area contributed by atoms with Crippen molar-refractivity contribution in [1.29, 1.82) is 0 Å². The second-order valence-electron chi connectivity index (χ2n) is 4.59. The second kappa shape index (κ2) is 5.46. The minimum Gasteiger partial charge on any atom is -0.325 e. The van der Waals surface area contributed by atoms with Crippen LogP contribution in [0.1, 0.15) is 0 Å². The van der Waals surface area contributed by atoms with E-state index < -0.39 is 0 Å². The molecule has 1 aromatic heterocycles. The average molecular weight is 302 g/mol. The monoisotopic (exact) mass is 301 g/mol. The SMILES string of the molecule is O=C(Cn1c(=O)[nH]c2ccccc21)Nc1ccc(Cl)cc1. The molecule has 0 radical (unpaired) electrons. The van der Waals surface area contributed by atoms with Crippen LogP contribution in [0.4, 0.5) is 5.69 Å². The molecule has 0 unspecified atom stereocenters. The van der Waals surface area contributed by atoms with Gasteiger partial charge in [0.1, 0.15) is 6.54 Å². The van der Waals surface area contributed by atoms with Crippen molar-refractivity contribution in [2.45, 2.75) is 6.54 Å². The van der Waals surface area contributed by atoms with E-state index in [0.29, 0.717) is 21.7 Å². The highest BCUT2D eigenvalue weighted by molar-refractivity contribution is 6.30. The van der Waals surface area contributed by atoms with E-state index >= 15 is 0 Å². The Morgan fingerprint density at radius 2 is 1.86 bits per heavy atom. The van der Waals surface area contributed by atoms with Crippen LogP contribution in [0.2, 0.25) is 5.02 Å². The minimum atomic E-state index is -0.303. The number of nitrogens with zero attached hydrogens (tertiary/aromatic N) is 1. The smallest absolute Gasteiger partial charge is 0.325 e. The van der Waals surface area contributed by atoms with Gasteiger partial charge in [0.2, 0.25) is 5.91 Å². The van der Waals surface area contributed by atoms with Crippen LogP contribution in [0.3, 0.4) is 0 Å². The average Bonchev–Trinajstić information content (AvgIpc) is 2.78. The lowest BCUT2D eigenvalue weighted by atomic mass is 10.3. The zero-order valence-electron chi connectivity index (χ0n) is 11.0. The van der Waals surface area contributed by atoms with Crippen LogP contribution in [0, 0.1) is 0 Å². The molecule has 0 spiro atoms. The van der Waals surface area contributed by atoms with E-state index in [0.717, 1.165) is 0 Å². The number of anilines is 1. The van der Waals surface area contributed by atoms with Gasteiger partial charge in [-0.3, -0.25) is 9.36 Å². The Morgan fingerprint density at radius 3 is 2.62 bits per heavy atom. The fourth-order valence-corrected chi connectivity index (χ4v) is 2.27. The Bertz CT molecular complexity index is 849. The third-order valence-electron chi connectivity index (χ3n) is 3.11. The number of aromatic amines is 1. The van der Waals surface area contributed by atoms with E-state index in [2.05, 4.69) is 10.3 Å². The van der Waals surface area contributed by atoms with Gasteiger partial charge in [-0.15, -0.1) is 0 Å². The van der Waals surface area contributed by atoms with Gasteiger partial charge in [-0.05, 0) is 36.4 Å². The number of fused-ring (bicyclic) bond motifs is 1. The summed E-state index contributed by atoms with van der Waals surface area (Å²) in [6.45, 7) is -0.0501. The van der Waals surface area contributed by atoms with E-state index in [-0.39, 0.29) is 18.1 Å². The molecule has 0 bridgehead atoms. The number of benzene rings is 2. The molecular weight excluding hydrogens is 290 g/mol. The van der Waals surface area contributed by atoms with E-state index in [9.17, 15) is 9.59 Å². The highest BCUT2D eigenvalue weighted by Crippen LogP contribution is 2.14. The third-order valence-corrected chi connectivity index (χ3v) is 3.36. The molecule has 5 nitrogen and oxygen atoms in total. The van der Waals surface area contributed by atoms with Gasteiger partial charge in [0.05, 0.1) is 11.0 Å². The standard InChI is InChI=1S/C15H12ClN3O2/c16-10-5-7-11(8-6-10)17-14(20)9-19-13-4-2-1-3-12(13)18-15(19)21/h1-8H,9H2,(H,17,20)(H,18,21). The summed E-state index contributed by atoms with van der Waals surface area (Å²) >= 11 is 5.79. The maximum absolute atomic E-state index is 12.0. The summed E-state index contributed by atoms with van der Waals surface area (Å²) in [6, 6.07) is 14.0. The van der Waals surface area contributed by atoms with Crippen LogP contribution in [-0.4, -0.2) is 15.5 Å². The molecule has 0 atom stereocenters. The van der Waals surface area contributed by atoms with Crippen molar-refractivity contribution in [1.82, 2.24) is 9.55 Å². The van der Waals surface area contributed by atoms with Crippen LogP contribution < -0.4 is 11.0 Å². The summed E-state index contributed by atoms with van der Waals surface area (Å²) in [5.74, 6) is -0.274. The number of hydrogen-bond acceptors (Lipinski definition) is 2. The highest BCUT2D eigenvalue weighted by Gasteiger charge is 2.10. The molecule has 1 amide bonds. The van der Waals surface area contributed by atoms with Crippen LogP contribution in [0.15, 0.2) is 53.3 Å². The fraction of sp³-hybridized carbons (Fsp3) is 0.0667. The van der Waals surface area contributed by atoms with Gasteiger partial charge in [0.15, 0.2) is 0 Å². The minimum absolute atomic E-state index is 0.0501. The molecule has 0 saturated carbocycles. The van der Waals surface area contributed by atoms with Crippen LogP contribution in [-0.2, 0) is 11.3 Å². The van der Waals surface area contributed by atoms with Crippen molar-refractivity contribution in [3.8, 4) is 0 Å². The van der Waals surface area contributed by atoms with Crippen molar-refractivity contribution < 1.29 is 4.79 Å². The van der Waals surface area contributed by atoms with E-state index in [1.807, 2.05) is 12.1 Å². The summed E-state index contributed by atoms with van der Waals surface area (Å²) in [6.07, 6.45) is 0.